The van der Waals surface area contributed by atoms with Gasteiger partial charge in [0.25, 0.3) is 0 Å². The Morgan fingerprint density at radius 2 is 1.91 bits per heavy atom. The molecule has 2 N–H and O–H groups in total. The molecule has 2 heterocycles. The van der Waals surface area contributed by atoms with Gasteiger partial charge in [0.15, 0.2) is 5.69 Å². The standard InChI is InChI=1S/C24H18ClF2N5O3/c1-2-18-14(11-29-23(30-18)32-24-31-19(12-35-24)22(33)34)10-28-21(13-5-3-6-15(25)9-13)20-16(26)7-4-8-17(20)27/h3-9,11-12H,2,10H2,1H3,(H,33,34)(H,29,30,31,32)/b28-21+. The molecule has 0 spiro atoms. The van der Waals surface area contributed by atoms with E-state index in [0.717, 1.165) is 18.4 Å². The van der Waals surface area contributed by atoms with Crippen LogP contribution in [0.4, 0.5) is 20.7 Å². The summed E-state index contributed by atoms with van der Waals surface area (Å²) in [5, 5.41) is 12.1. The van der Waals surface area contributed by atoms with Gasteiger partial charge in [0.05, 0.1) is 23.5 Å². The second-order valence-electron chi connectivity index (χ2n) is 7.26. The van der Waals surface area contributed by atoms with Crippen molar-refractivity contribution >= 4 is 35.2 Å². The lowest BCUT2D eigenvalue weighted by Gasteiger charge is -2.12. The van der Waals surface area contributed by atoms with E-state index in [1.165, 1.54) is 12.3 Å². The number of benzene rings is 2. The summed E-state index contributed by atoms with van der Waals surface area (Å²) in [4.78, 5) is 27.9. The summed E-state index contributed by atoms with van der Waals surface area (Å²) in [5.74, 6) is -2.58. The van der Waals surface area contributed by atoms with Crippen molar-refractivity contribution in [1.82, 2.24) is 15.0 Å². The second kappa shape index (κ2) is 10.4. The largest absolute Gasteiger partial charge is 0.476 e. The third-order valence-electron chi connectivity index (χ3n) is 4.94. The fourth-order valence-corrected chi connectivity index (χ4v) is 3.49. The lowest BCUT2D eigenvalue weighted by atomic mass is 10.0. The van der Waals surface area contributed by atoms with E-state index in [1.54, 1.807) is 24.3 Å². The van der Waals surface area contributed by atoms with Gasteiger partial charge in [0, 0.05) is 22.3 Å². The number of aliphatic imine (C=N–C) groups is 1. The van der Waals surface area contributed by atoms with E-state index in [-0.39, 0.29) is 35.5 Å². The number of carbonyl (C=O) groups is 1. The molecule has 35 heavy (non-hydrogen) atoms. The van der Waals surface area contributed by atoms with E-state index in [2.05, 4.69) is 25.3 Å². The molecule has 0 radical (unpaired) electrons. The van der Waals surface area contributed by atoms with Gasteiger partial charge in [0.1, 0.15) is 17.9 Å². The maximum absolute atomic E-state index is 14.6. The Hall–Kier alpha value is -4.18. The topological polar surface area (TPSA) is 114 Å². The summed E-state index contributed by atoms with van der Waals surface area (Å²) < 4.78 is 34.3. The molecule has 0 fully saturated rings. The Morgan fingerprint density at radius 1 is 1.17 bits per heavy atom. The lowest BCUT2D eigenvalue weighted by Crippen LogP contribution is -2.11. The Bertz CT molecular complexity index is 1400. The smallest absolute Gasteiger partial charge is 0.357 e. The highest BCUT2D eigenvalue weighted by Gasteiger charge is 2.18. The Balaban J connectivity index is 1.67. The number of oxazole rings is 1. The molecule has 2 aromatic heterocycles. The second-order valence-corrected chi connectivity index (χ2v) is 7.70. The number of aryl methyl sites for hydroxylation is 1. The van der Waals surface area contributed by atoms with E-state index < -0.39 is 17.6 Å². The molecule has 4 aromatic rings. The fraction of sp³-hybridized carbons (Fsp3) is 0.125. The number of nitrogens with zero attached hydrogens (tertiary/aromatic N) is 4. The number of carboxylic acid groups (broad SMARTS) is 1. The van der Waals surface area contributed by atoms with E-state index >= 15 is 0 Å². The van der Waals surface area contributed by atoms with Crippen LogP contribution in [0, 0.1) is 11.6 Å². The quantitative estimate of drug-likeness (QED) is 0.312. The van der Waals surface area contributed by atoms with Crippen LogP contribution >= 0.6 is 11.6 Å². The van der Waals surface area contributed by atoms with Gasteiger partial charge in [-0.1, -0.05) is 36.7 Å². The van der Waals surface area contributed by atoms with Gasteiger partial charge in [-0.2, -0.15) is 4.98 Å². The van der Waals surface area contributed by atoms with Gasteiger partial charge in [-0.05, 0) is 30.7 Å². The van der Waals surface area contributed by atoms with Gasteiger partial charge < -0.3 is 9.52 Å². The Kier molecular flexibility index (Phi) is 7.11. The number of hydrogen-bond acceptors (Lipinski definition) is 7. The normalized spacial score (nSPS) is 11.5. The molecular weight excluding hydrogens is 480 g/mol. The molecule has 178 valence electrons. The average molecular weight is 498 g/mol. The maximum atomic E-state index is 14.6. The van der Waals surface area contributed by atoms with Crippen molar-refractivity contribution in [3.63, 3.8) is 0 Å². The molecule has 0 unspecified atom stereocenters. The van der Waals surface area contributed by atoms with Gasteiger partial charge in [0.2, 0.25) is 5.95 Å². The maximum Gasteiger partial charge on any atom is 0.357 e. The van der Waals surface area contributed by atoms with Crippen LogP contribution in [-0.4, -0.2) is 31.7 Å². The molecule has 0 bridgehead atoms. The summed E-state index contributed by atoms with van der Waals surface area (Å²) in [5.41, 5.74) is 1.29. The van der Waals surface area contributed by atoms with Crippen molar-refractivity contribution < 1.29 is 23.1 Å². The summed E-state index contributed by atoms with van der Waals surface area (Å²) in [6.07, 6.45) is 3.02. The molecule has 0 amide bonds. The minimum absolute atomic E-state index is 0.0429. The Morgan fingerprint density at radius 3 is 2.57 bits per heavy atom. The van der Waals surface area contributed by atoms with Crippen LogP contribution in [0.25, 0.3) is 0 Å². The predicted octanol–water partition coefficient (Wildman–Crippen LogP) is 5.44. The van der Waals surface area contributed by atoms with Crippen LogP contribution in [0.15, 0.2) is 64.3 Å². The molecule has 0 saturated heterocycles. The van der Waals surface area contributed by atoms with Crippen LogP contribution in [0.3, 0.4) is 0 Å². The first-order chi connectivity index (χ1) is 16.9. The predicted molar refractivity (Wildman–Crippen MR) is 125 cm³/mol. The molecule has 0 saturated carbocycles. The molecule has 8 nitrogen and oxygen atoms in total. The van der Waals surface area contributed by atoms with Crippen molar-refractivity contribution in [2.24, 2.45) is 4.99 Å². The SMILES string of the molecule is CCc1nc(Nc2nc(C(=O)O)co2)ncc1C/N=C(\c1cccc(Cl)c1)c1c(F)cccc1F. The molecule has 11 heteroatoms. The number of hydrogen-bond donors (Lipinski definition) is 2. The summed E-state index contributed by atoms with van der Waals surface area (Å²) in [6, 6.07) is 10.1. The molecule has 0 aliphatic carbocycles. The average Bonchev–Trinajstić information content (AvgIpc) is 3.30. The number of halogens is 3. The third-order valence-corrected chi connectivity index (χ3v) is 5.17. The van der Waals surface area contributed by atoms with Crippen LogP contribution < -0.4 is 5.32 Å². The monoisotopic (exact) mass is 497 g/mol. The van der Waals surface area contributed by atoms with Crippen molar-refractivity contribution in [1.29, 1.82) is 0 Å². The van der Waals surface area contributed by atoms with Gasteiger partial charge in [-0.15, -0.1) is 0 Å². The van der Waals surface area contributed by atoms with E-state index in [9.17, 15) is 13.6 Å². The number of rotatable bonds is 8. The van der Waals surface area contributed by atoms with Gasteiger partial charge in [-0.3, -0.25) is 10.3 Å². The van der Waals surface area contributed by atoms with Gasteiger partial charge in [-0.25, -0.2) is 23.5 Å². The zero-order valence-electron chi connectivity index (χ0n) is 18.3. The van der Waals surface area contributed by atoms with Crippen molar-refractivity contribution in [2.75, 3.05) is 5.32 Å². The molecule has 0 aliphatic rings. The first kappa shape index (κ1) is 24.0. The van der Waals surface area contributed by atoms with Crippen LogP contribution in [0.1, 0.15) is 39.8 Å². The van der Waals surface area contributed by atoms with E-state index in [1.807, 2.05) is 6.92 Å². The zero-order valence-corrected chi connectivity index (χ0v) is 19.1. The summed E-state index contributed by atoms with van der Waals surface area (Å²) in [6.45, 7) is 1.92. The molecule has 4 rings (SSSR count). The number of aromatic carboxylic acids is 1. The van der Waals surface area contributed by atoms with E-state index in [0.29, 0.717) is 28.3 Å². The first-order valence-electron chi connectivity index (χ1n) is 10.4. The lowest BCUT2D eigenvalue weighted by molar-refractivity contribution is 0.0690. The highest BCUT2D eigenvalue weighted by Crippen LogP contribution is 2.22. The van der Waals surface area contributed by atoms with Crippen molar-refractivity contribution in [2.45, 2.75) is 19.9 Å². The molecule has 2 aromatic carbocycles. The number of aromatic nitrogens is 3. The van der Waals surface area contributed by atoms with Crippen LogP contribution in [-0.2, 0) is 13.0 Å². The van der Waals surface area contributed by atoms with Crippen LogP contribution in [0.5, 0.6) is 0 Å². The number of nitrogens with one attached hydrogen (secondary N) is 1. The number of carboxylic acids is 1. The minimum Gasteiger partial charge on any atom is -0.476 e. The van der Waals surface area contributed by atoms with E-state index in [4.69, 9.17) is 21.1 Å². The summed E-state index contributed by atoms with van der Waals surface area (Å²) >= 11 is 6.11. The van der Waals surface area contributed by atoms with Crippen molar-refractivity contribution in [3.8, 4) is 0 Å². The third kappa shape index (κ3) is 5.49. The zero-order chi connectivity index (χ0) is 24.9. The fourth-order valence-electron chi connectivity index (χ4n) is 3.30. The molecule has 0 atom stereocenters. The molecule has 0 aliphatic heterocycles. The highest BCUT2D eigenvalue weighted by atomic mass is 35.5. The first-order valence-corrected chi connectivity index (χ1v) is 10.8. The Labute approximate surface area is 203 Å². The summed E-state index contributed by atoms with van der Waals surface area (Å²) in [7, 11) is 0. The van der Waals surface area contributed by atoms with Crippen LogP contribution in [0.2, 0.25) is 5.02 Å². The number of anilines is 2. The highest BCUT2D eigenvalue weighted by molar-refractivity contribution is 6.31. The minimum atomic E-state index is -1.23. The van der Waals surface area contributed by atoms with Gasteiger partial charge >= 0.3 is 12.0 Å². The molecular formula is C24H18ClF2N5O3. The van der Waals surface area contributed by atoms with Crippen molar-refractivity contribution in [3.05, 3.63) is 99.7 Å².